The van der Waals surface area contributed by atoms with Crippen molar-refractivity contribution in [1.29, 1.82) is 0 Å². The van der Waals surface area contributed by atoms with Gasteiger partial charge in [-0.05, 0) is 19.3 Å². The largest absolute Gasteiger partial charge is 0.481 e. The highest BCUT2D eigenvalue weighted by molar-refractivity contribution is 5.70. The van der Waals surface area contributed by atoms with E-state index in [0.29, 0.717) is 0 Å². The summed E-state index contributed by atoms with van der Waals surface area (Å²) in [5.41, 5.74) is 0. The fourth-order valence-electron chi connectivity index (χ4n) is 1.76. The van der Waals surface area contributed by atoms with Gasteiger partial charge in [-0.15, -0.1) is 0 Å². The Morgan fingerprint density at radius 3 is 2.21 bits per heavy atom. The molecule has 0 aliphatic heterocycles. The highest BCUT2D eigenvalue weighted by atomic mass is 19.4. The fraction of sp³-hybridized carbons (Fsp3) is 0.875. The molecule has 0 unspecified atom stereocenters. The minimum atomic E-state index is -4.41. The summed E-state index contributed by atoms with van der Waals surface area (Å²) < 4.78 is 36.7. The second-order valence-electron chi connectivity index (χ2n) is 3.63. The van der Waals surface area contributed by atoms with E-state index in [1.165, 1.54) is 0 Å². The number of aliphatic hydroxyl groups is 1. The molecule has 0 spiro atoms. The van der Waals surface area contributed by atoms with Crippen LogP contribution in [0.3, 0.4) is 0 Å². The Balaban J connectivity index is 2.68. The van der Waals surface area contributed by atoms with Crippen LogP contribution in [0, 0.1) is 11.8 Å². The molecule has 1 aliphatic carbocycles. The average Bonchev–Trinajstić information content (AvgIpc) is 2.01. The smallest absolute Gasteiger partial charge is 0.391 e. The van der Waals surface area contributed by atoms with E-state index in [0.717, 1.165) is 0 Å². The van der Waals surface area contributed by atoms with E-state index in [4.69, 9.17) is 10.2 Å². The van der Waals surface area contributed by atoms with E-state index in [2.05, 4.69) is 0 Å². The lowest BCUT2D eigenvalue weighted by molar-refractivity contribution is -0.196. The number of carbonyl (C=O) groups is 1. The maximum Gasteiger partial charge on any atom is 0.391 e. The normalized spacial score (nSPS) is 34.1. The van der Waals surface area contributed by atoms with Gasteiger partial charge in [0.25, 0.3) is 0 Å². The highest BCUT2D eigenvalue weighted by Crippen LogP contribution is 2.39. The number of aliphatic carboxylic acids is 1. The fourth-order valence-corrected chi connectivity index (χ4v) is 1.76. The summed E-state index contributed by atoms with van der Waals surface area (Å²) in [6, 6.07) is 0. The Labute approximate surface area is 78.5 Å². The summed E-state index contributed by atoms with van der Waals surface area (Å²) in [5, 5.41) is 17.7. The van der Waals surface area contributed by atoms with E-state index in [-0.39, 0.29) is 12.8 Å². The van der Waals surface area contributed by atoms with Gasteiger partial charge in [-0.2, -0.15) is 13.2 Å². The van der Waals surface area contributed by atoms with Gasteiger partial charge >= 0.3 is 12.1 Å². The zero-order valence-corrected chi connectivity index (χ0v) is 7.29. The molecule has 2 N–H and O–H groups in total. The molecule has 1 aliphatic rings. The molecule has 1 rings (SSSR count). The number of carboxylic acid groups (broad SMARTS) is 1. The quantitative estimate of drug-likeness (QED) is 0.690. The molecule has 0 saturated heterocycles. The summed E-state index contributed by atoms with van der Waals surface area (Å²) in [6.07, 6.45) is -6.45. The Morgan fingerprint density at radius 1 is 1.21 bits per heavy atom. The lowest BCUT2D eigenvalue weighted by Crippen LogP contribution is -2.37. The first kappa shape index (κ1) is 11.3. The maximum absolute atomic E-state index is 12.2. The Bertz CT molecular complexity index is 226. The lowest BCUT2D eigenvalue weighted by Gasteiger charge is -2.31. The Kier molecular flexibility index (Phi) is 3.04. The van der Waals surface area contributed by atoms with Gasteiger partial charge in [-0.1, -0.05) is 0 Å². The van der Waals surface area contributed by atoms with Crippen LogP contribution in [0.4, 0.5) is 13.2 Å². The maximum atomic E-state index is 12.2. The van der Waals surface area contributed by atoms with Gasteiger partial charge in [0.2, 0.25) is 0 Å². The highest BCUT2D eigenvalue weighted by Gasteiger charge is 2.46. The minimum Gasteiger partial charge on any atom is -0.481 e. The predicted octanol–water partition coefficient (Wildman–Crippen LogP) is 1.41. The Morgan fingerprint density at radius 2 is 1.79 bits per heavy atom. The van der Waals surface area contributed by atoms with Crippen LogP contribution in [0.15, 0.2) is 0 Å². The Hall–Kier alpha value is -0.780. The van der Waals surface area contributed by atoms with Crippen LogP contribution in [-0.2, 0) is 4.79 Å². The zero-order chi connectivity index (χ0) is 10.9. The van der Waals surface area contributed by atoms with Crippen LogP contribution in [0.2, 0.25) is 0 Å². The number of carboxylic acids is 1. The van der Waals surface area contributed by atoms with Crippen molar-refractivity contribution in [3.63, 3.8) is 0 Å². The molecule has 6 heteroatoms. The molecule has 0 heterocycles. The van der Waals surface area contributed by atoms with Crippen LogP contribution in [0.1, 0.15) is 19.3 Å². The average molecular weight is 212 g/mol. The van der Waals surface area contributed by atoms with E-state index in [1.54, 1.807) is 0 Å². The van der Waals surface area contributed by atoms with Crippen LogP contribution in [0.5, 0.6) is 0 Å². The molecular weight excluding hydrogens is 201 g/mol. The number of hydrogen-bond acceptors (Lipinski definition) is 2. The number of alkyl halides is 3. The van der Waals surface area contributed by atoms with Crippen molar-refractivity contribution in [3.05, 3.63) is 0 Å². The van der Waals surface area contributed by atoms with Crippen molar-refractivity contribution in [2.24, 2.45) is 11.8 Å². The monoisotopic (exact) mass is 212 g/mol. The summed E-state index contributed by atoms with van der Waals surface area (Å²) in [6.45, 7) is 0. The van der Waals surface area contributed by atoms with Crippen LogP contribution < -0.4 is 0 Å². The third kappa shape index (κ3) is 2.60. The molecular formula is C8H11F3O3. The van der Waals surface area contributed by atoms with Gasteiger partial charge in [-0.3, -0.25) is 4.79 Å². The van der Waals surface area contributed by atoms with Gasteiger partial charge in [0.15, 0.2) is 0 Å². The van der Waals surface area contributed by atoms with Crippen LogP contribution in [0.25, 0.3) is 0 Å². The third-order valence-electron chi connectivity index (χ3n) is 2.49. The van der Waals surface area contributed by atoms with Crippen molar-refractivity contribution >= 4 is 5.97 Å². The van der Waals surface area contributed by atoms with Crippen LogP contribution in [-0.4, -0.2) is 28.5 Å². The van der Waals surface area contributed by atoms with Crippen molar-refractivity contribution in [2.45, 2.75) is 31.5 Å². The topological polar surface area (TPSA) is 57.5 Å². The summed E-state index contributed by atoms with van der Waals surface area (Å²) in [7, 11) is 0. The van der Waals surface area contributed by atoms with Gasteiger partial charge in [0.05, 0.1) is 17.9 Å². The first-order valence-electron chi connectivity index (χ1n) is 4.28. The van der Waals surface area contributed by atoms with Crippen LogP contribution >= 0.6 is 0 Å². The third-order valence-corrected chi connectivity index (χ3v) is 2.49. The van der Waals surface area contributed by atoms with E-state index < -0.39 is 36.5 Å². The van der Waals surface area contributed by atoms with E-state index in [9.17, 15) is 18.0 Å². The molecule has 3 nitrogen and oxygen atoms in total. The SMILES string of the molecule is O=C(O)[C@@H]1C[C@@H](O)C[C@H](C(F)(F)F)C1. The number of rotatable bonds is 1. The number of halogens is 3. The molecule has 3 atom stereocenters. The minimum absolute atomic E-state index is 0.0814. The first-order chi connectivity index (χ1) is 6.30. The van der Waals surface area contributed by atoms with Crippen molar-refractivity contribution < 1.29 is 28.2 Å². The number of hydrogen-bond donors (Lipinski definition) is 2. The van der Waals surface area contributed by atoms with Crippen molar-refractivity contribution in [1.82, 2.24) is 0 Å². The zero-order valence-electron chi connectivity index (χ0n) is 7.29. The van der Waals surface area contributed by atoms with Gasteiger partial charge in [0, 0.05) is 0 Å². The molecule has 0 bridgehead atoms. The summed E-state index contributed by atoms with van der Waals surface area (Å²) in [5.74, 6) is -4.03. The van der Waals surface area contributed by atoms with E-state index >= 15 is 0 Å². The lowest BCUT2D eigenvalue weighted by atomic mass is 9.79. The molecule has 1 fully saturated rings. The summed E-state index contributed by atoms with van der Waals surface area (Å²) >= 11 is 0. The summed E-state index contributed by atoms with van der Waals surface area (Å²) in [4.78, 5) is 10.5. The van der Waals surface area contributed by atoms with Crippen molar-refractivity contribution in [3.8, 4) is 0 Å². The second kappa shape index (κ2) is 3.76. The first-order valence-corrected chi connectivity index (χ1v) is 4.28. The molecule has 0 aromatic rings. The molecule has 0 radical (unpaired) electrons. The van der Waals surface area contributed by atoms with E-state index in [1.807, 2.05) is 0 Å². The predicted molar refractivity (Wildman–Crippen MR) is 40.5 cm³/mol. The molecule has 14 heavy (non-hydrogen) atoms. The van der Waals surface area contributed by atoms with Gasteiger partial charge in [-0.25, -0.2) is 0 Å². The molecule has 0 aromatic heterocycles. The van der Waals surface area contributed by atoms with Crippen molar-refractivity contribution in [2.75, 3.05) is 0 Å². The molecule has 82 valence electrons. The standard InChI is InChI=1S/C8H11F3O3/c9-8(10,11)5-1-4(7(13)14)2-6(12)3-5/h4-6,12H,1-3H2,(H,13,14)/t4-,5+,6+/m0/s1. The second-order valence-corrected chi connectivity index (χ2v) is 3.63. The molecule has 1 saturated carbocycles. The van der Waals surface area contributed by atoms with Gasteiger partial charge < -0.3 is 10.2 Å². The number of aliphatic hydroxyl groups excluding tert-OH is 1. The van der Waals surface area contributed by atoms with Gasteiger partial charge in [0.1, 0.15) is 0 Å². The molecule has 0 aromatic carbocycles. The molecule has 0 amide bonds.